The number of benzene rings is 1. The van der Waals surface area contributed by atoms with Crippen LogP contribution in [0.25, 0.3) is 0 Å². The molecule has 1 heterocycles. The third-order valence-electron chi connectivity index (χ3n) is 3.29. The van der Waals surface area contributed by atoms with Crippen molar-refractivity contribution in [3.63, 3.8) is 0 Å². The fourth-order valence-corrected chi connectivity index (χ4v) is 2.22. The van der Waals surface area contributed by atoms with Gasteiger partial charge in [0.15, 0.2) is 0 Å². The van der Waals surface area contributed by atoms with E-state index in [2.05, 4.69) is 11.9 Å². The fraction of sp³-hybridized carbons (Fsp3) is 0.333. The molecule has 2 rings (SSSR count). The molecule has 2 amide bonds. The Morgan fingerprint density at radius 3 is 2.74 bits per heavy atom. The Labute approximate surface area is 113 Å². The van der Waals surface area contributed by atoms with E-state index in [1.54, 1.807) is 0 Å². The summed E-state index contributed by atoms with van der Waals surface area (Å²) in [6, 6.07) is 7.86. The van der Waals surface area contributed by atoms with Crippen LogP contribution in [0.15, 0.2) is 36.9 Å². The standard InChI is InChI=1S/C15H18N2O2/c1-2-14(18)16-10-12-6-3-4-7-13(12)11-17-9-5-8-15(17)19/h2-4,6-7H,1,5,8-11H2,(H,16,18). The van der Waals surface area contributed by atoms with E-state index in [0.29, 0.717) is 19.5 Å². The molecule has 0 aromatic heterocycles. The smallest absolute Gasteiger partial charge is 0.243 e. The first kappa shape index (κ1) is 13.3. The highest BCUT2D eigenvalue weighted by Gasteiger charge is 2.20. The molecule has 1 aromatic rings. The van der Waals surface area contributed by atoms with Gasteiger partial charge in [-0.05, 0) is 23.6 Å². The molecule has 1 N–H and O–H groups in total. The Kier molecular flexibility index (Phi) is 4.34. The van der Waals surface area contributed by atoms with Crippen molar-refractivity contribution in [2.75, 3.05) is 6.54 Å². The average Bonchev–Trinajstić information content (AvgIpc) is 2.83. The van der Waals surface area contributed by atoms with Crippen molar-refractivity contribution in [3.05, 3.63) is 48.0 Å². The van der Waals surface area contributed by atoms with E-state index in [-0.39, 0.29) is 11.8 Å². The molecule has 0 radical (unpaired) electrons. The zero-order valence-corrected chi connectivity index (χ0v) is 10.9. The van der Waals surface area contributed by atoms with Crippen LogP contribution in [0.4, 0.5) is 0 Å². The van der Waals surface area contributed by atoms with Gasteiger partial charge in [0.2, 0.25) is 11.8 Å². The van der Waals surface area contributed by atoms with E-state index in [4.69, 9.17) is 0 Å². The van der Waals surface area contributed by atoms with Crippen LogP contribution in [0.3, 0.4) is 0 Å². The number of nitrogens with zero attached hydrogens (tertiary/aromatic N) is 1. The minimum Gasteiger partial charge on any atom is -0.348 e. The Morgan fingerprint density at radius 1 is 1.37 bits per heavy atom. The van der Waals surface area contributed by atoms with Crippen LogP contribution in [-0.4, -0.2) is 23.3 Å². The summed E-state index contributed by atoms with van der Waals surface area (Å²) in [7, 11) is 0. The summed E-state index contributed by atoms with van der Waals surface area (Å²) in [6.45, 7) is 5.33. The van der Waals surface area contributed by atoms with Gasteiger partial charge in [-0.25, -0.2) is 0 Å². The summed E-state index contributed by atoms with van der Waals surface area (Å²) in [5.41, 5.74) is 2.12. The van der Waals surface area contributed by atoms with Gasteiger partial charge in [0.25, 0.3) is 0 Å². The third kappa shape index (κ3) is 3.44. The van der Waals surface area contributed by atoms with Crippen LogP contribution in [0.1, 0.15) is 24.0 Å². The van der Waals surface area contributed by atoms with E-state index in [1.165, 1.54) is 6.08 Å². The van der Waals surface area contributed by atoms with Crippen molar-refractivity contribution in [1.82, 2.24) is 10.2 Å². The lowest BCUT2D eigenvalue weighted by molar-refractivity contribution is -0.128. The number of carbonyl (C=O) groups is 2. The normalized spacial score (nSPS) is 14.5. The van der Waals surface area contributed by atoms with E-state index in [0.717, 1.165) is 24.1 Å². The molecule has 0 saturated carbocycles. The second-order valence-corrected chi connectivity index (χ2v) is 4.61. The van der Waals surface area contributed by atoms with Gasteiger partial charge >= 0.3 is 0 Å². The number of hydrogen-bond donors (Lipinski definition) is 1. The van der Waals surface area contributed by atoms with Crippen molar-refractivity contribution < 1.29 is 9.59 Å². The highest BCUT2D eigenvalue weighted by molar-refractivity contribution is 5.86. The molecular formula is C15H18N2O2. The maximum absolute atomic E-state index is 11.6. The lowest BCUT2D eigenvalue weighted by Gasteiger charge is -2.18. The van der Waals surface area contributed by atoms with Gasteiger partial charge in [-0.1, -0.05) is 30.8 Å². The van der Waals surface area contributed by atoms with Gasteiger partial charge in [0.05, 0.1) is 0 Å². The first-order valence-electron chi connectivity index (χ1n) is 6.45. The number of nitrogens with one attached hydrogen (secondary N) is 1. The molecule has 1 aromatic carbocycles. The number of amides is 2. The largest absolute Gasteiger partial charge is 0.348 e. The molecule has 0 unspecified atom stereocenters. The molecule has 100 valence electrons. The minimum atomic E-state index is -0.188. The van der Waals surface area contributed by atoms with Gasteiger partial charge in [-0.15, -0.1) is 0 Å². The van der Waals surface area contributed by atoms with Crippen molar-refractivity contribution in [2.24, 2.45) is 0 Å². The molecule has 0 bridgehead atoms. The van der Waals surface area contributed by atoms with Crippen molar-refractivity contribution >= 4 is 11.8 Å². The SMILES string of the molecule is C=CC(=O)NCc1ccccc1CN1CCCC1=O. The van der Waals surface area contributed by atoms with E-state index in [9.17, 15) is 9.59 Å². The maximum atomic E-state index is 11.6. The number of likely N-dealkylation sites (tertiary alicyclic amines) is 1. The zero-order valence-electron chi connectivity index (χ0n) is 10.9. The van der Waals surface area contributed by atoms with Gasteiger partial charge in [0.1, 0.15) is 0 Å². The minimum absolute atomic E-state index is 0.188. The number of carbonyl (C=O) groups excluding carboxylic acids is 2. The third-order valence-corrected chi connectivity index (χ3v) is 3.29. The van der Waals surface area contributed by atoms with E-state index >= 15 is 0 Å². The van der Waals surface area contributed by atoms with E-state index in [1.807, 2.05) is 29.2 Å². The predicted molar refractivity (Wildman–Crippen MR) is 73.1 cm³/mol. The van der Waals surface area contributed by atoms with Crippen LogP contribution in [0.2, 0.25) is 0 Å². The Bertz CT molecular complexity index is 497. The van der Waals surface area contributed by atoms with Crippen LogP contribution in [0, 0.1) is 0 Å². The quantitative estimate of drug-likeness (QED) is 0.816. The molecule has 1 aliphatic heterocycles. The second kappa shape index (κ2) is 6.18. The molecular weight excluding hydrogens is 240 g/mol. The molecule has 1 saturated heterocycles. The number of rotatable bonds is 5. The van der Waals surface area contributed by atoms with Crippen molar-refractivity contribution in [3.8, 4) is 0 Å². The fourth-order valence-electron chi connectivity index (χ4n) is 2.22. The lowest BCUT2D eigenvalue weighted by Crippen LogP contribution is -2.26. The number of hydrogen-bond acceptors (Lipinski definition) is 2. The van der Waals surface area contributed by atoms with Crippen LogP contribution >= 0.6 is 0 Å². The van der Waals surface area contributed by atoms with Gasteiger partial charge < -0.3 is 10.2 Å². The highest BCUT2D eigenvalue weighted by Crippen LogP contribution is 2.17. The second-order valence-electron chi connectivity index (χ2n) is 4.61. The Morgan fingerprint density at radius 2 is 2.11 bits per heavy atom. The Hall–Kier alpha value is -2.10. The zero-order chi connectivity index (χ0) is 13.7. The average molecular weight is 258 g/mol. The van der Waals surface area contributed by atoms with E-state index < -0.39 is 0 Å². The first-order chi connectivity index (χ1) is 9.20. The molecule has 1 aliphatic rings. The maximum Gasteiger partial charge on any atom is 0.243 e. The first-order valence-corrected chi connectivity index (χ1v) is 6.45. The monoisotopic (exact) mass is 258 g/mol. The highest BCUT2D eigenvalue weighted by atomic mass is 16.2. The summed E-state index contributed by atoms with van der Waals surface area (Å²) in [4.78, 5) is 24.7. The van der Waals surface area contributed by atoms with Crippen molar-refractivity contribution in [2.45, 2.75) is 25.9 Å². The topological polar surface area (TPSA) is 49.4 Å². The van der Waals surface area contributed by atoms with Gasteiger partial charge in [0, 0.05) is 26.1 Å². The van der Waals surface area contributed by atoms with Gasteiger partial charge in [-0.2, -0.15) is 0 Å². The van der Waals surface area contributed by atoms with Crippen LogP contribution < -0.4 is 5.32 Å². The summed E-state index contributed by atoms with van der Waals surface area (Å²) in [5, 5.41) is 2.76. The predicted octanol–water partition coefficient (Wildman–Crippen LogP) is 1.61. The molecule has 0 atom stereocenters. The lowest BCUT2D eigenvalue weighted by atomic mass is 10.1. The molecule has 4 nitrogen and oxygen atoms in total. The summed E-state index contributed by atoms with van der Waals surface area (Å²) < 4.78 is 0. The van der Waals surface area contributed by atoms with Crippen LogP contribution in [-0.2, 0) is 22.7 Å². The Balaban J connectivity index is 2.05. The summed E-state index contributed by atoms with van der Waals surface area (Å²) in [6.07, 6.45) is 2.84. The molecule has 19 heavy (non-hydrogen) atoms. The van der Waals surface area contributed by atoms with Gasteiger partial charge in [-0.3, -0.25) is 9.59 Å². The molecule has 1 fully saturated rings. The molecule has 0 aliphatic carbocycles. The van der Waals surface area contributed by atoms with Crippen LogP contribution in [0.5, 0.6) is 0 Å². The molecule has 0 spiro atoms. The summed E-state index contributed by atoms with van der Waals surface area (Å²) >= 11 is 0. The van der Waals surface area contributed by atoms with Crippen molar-refractivity contribution in [1.29, 1.82) is 0 Å². The molecule has 4 heteroatoms. The summed E-state index contributed by atoms with van der Waals surface area (Å²) in [5.74, 6) is 0.0250.